The molecular formula is C8H13N3O2. The Balaban J connectivity index is 3.18. The Bertz CT molecular complexity index is 336. The molecule has 1 rings (SSSR count). The Morgan fingerprint density at radius 3 is 2.31 bits per heavy atom. The van der Waals surface area contributed by atoms with Crippen LogP contribution in [0.3, 0.4) is 0 Å². The number of nitrogens with zero attached hydrogens (tertiary/aromatic N) is 3. The van der Waals surface area contributed by atoms with Gasteiger partial charge >= 0.3 is 5.82 Å². The van der Waals surface area contributed by atoms with Crippen LogP contribution in [0.15, 0.2) is 6.07 Å². The fraction of sp³-hybridized carbons (Fsp3) is 0.625. The highest BCUT2D eigenvalue weighted by Gasteiger charge is 2.24. The van der Waals surface area contributed by atoms with E-state index in [1.165, 1.54) is 6.07 Å². The Kier molecular flexibility index (Phi) is 2.11. The minimum Gasteiger partial charge on any atom is -0.358 e. The van der Waals surface area contributed by atoms with E-state index in [-0.39, 0.29) is 11.4 Å². The van der Waals surface area contributed by atoms with Gasteiger partial charge in [-0.2, -0.15) is 4.68 Å². The first kappa shape index (κ1) is 9.70. The quantitative estimate of drug-likeness (QED) is 0.493. The lowest BCUT2D eigenvalue weighted by molar-refractivity contribution is -0.389. The van der Waals surface area contributed by atoms with E-state index in [1.807, 2.05) is 27.7 Å². The van der Waals surface area contributed by atoms with Gasteiger partial charge in [-0.15, -0.1) is 0 Å². The lowest BCUT2D eigenvalue weighted by atomic mass is 10.1. The largest absolute Gasteiger partial charge is 0.390 e. The van der Waals surface area contributed by atoms with E-state index in [9.17, 15) is 10.1 Å². The van der Waals surface area contributed by atoms with Gasteiger partial charge < -0.3 is 10.1 Å². The van der Waals surface area contributed by atoms with E-state index in [0.29, 0.717) is 0 Å². The summed E-state index contributed by atoms with van der Waals surface area (Å²) in [4.78, 5) is 9.95. The third kappa shape index (κ3) is 1.85. The summed E-state index contributed by atoms with van der Waals surface area (Å²) in [6.07, 6.45) is 0. The van der Waals surface area contributed by atoms with Crippen molar-refractivity contribution in [1.82, 2.24) is 9.78 Å². The maximum absolute atomic E-state index is 10.4. The first-order valence-electron chi connectivity index (χ1n) is 4.04. The Hall–Kier alpha value is -1.39. The summed E-state index contributed by atoms with van der Waals surface area (Å²) in [5.41, 5.74) is 0.595. The molecule has 0 aliphatic rings. The zero-order valence-corrected chi connectivity index (χ0v) is 8.24. The van der Waals surface area contributed by atoms with Crippen molar-refractivity contribution in [2.45, 2.75) is 33.2 Å². The third-order valence-electron chi connectivity index (χ3n) is 1.70. The molecule has 5 nitrogen and oxygen atoms in total. The van der Waals surface area contributed by atoms with Crippen molar-refractivity contribution in [1.29, 1.82) is 0 Å². The van der Waals surface area contributed by atoms with Crippen LogP contribution in [0.1, 0.15) is 26.5 Å². The molecule has 0 spiro atoms. The van der Waals surface area contributed by atoms with E-state index in [1.54, 1.807) is 4.68 Å². The maximum Gasteiger partial charge on any atom is 0.390 e. The number of aromatic nitrogens is 2. The van der Waals surface area contributed by atoms with Crippen molar-refractivity contribution in [3.63, 3.8) is 0 Å². The summed E-state index contributed by atoms with van der Waals surface area (Å²) in [5, 5.41) is 14.3. The van der Waals surface area contributed by atoms with Crippen LogP contribution in [-0.4, -0.2) is 14.7 Å². The zero-order valence-electron chi connectivity index (χ0n) is 8.24. The van der Waals surface area contributed by atoms with Crippen molar-refractivity contribution in [3.05, 3.63) is 21.9 Å². The van der Waals surface area contributed by atoms with E-state index >= 15 is 0 Å². The molecule has 1 aromatic heterocycles. The molecule has 0 atom stereocenters. The molecule has 5 heteroatoms. The van der Waals surface area contributed by atoms with Crippen LogP contribution in [0, 0.1) is 17.0 Å². The van der Waals surface area contributed by atoms with E-state index in [4.69, 9.17) is 0 Å². The van der Waals surface area contributed by atoms with Gasteiger partial charge in [0, 0.05) is 0 Å². The van der Waals surface area contributed by atoms with Crippen LogP contribution >= 0.6 is 0 Å². The lowest BCUT2D eigenvalue weighted by Gasteiger charge is -2.16. The van der Waals surface area contributed by atoms with Crippen LogP contribution in [0.4, 0.5) is 5.82 Å². The average Bonchev–Trinajstić information content (AvgIpc) is 2.29. The molecule has 1 heterocycles. The predicted molar refractivity (Wildman–Crippen MR) is 48.6 cm³/mol. The summed E-state index contributed by atoms with van der Waals surface area (Å²) in [7, 11) is 0. The van der Waals surface area contributed by atoms with Crippen LogP contribution in [0.25, 0.3) is 0 Å². The topological polar surface area (TPSA) is 61.0 Å². The fourth-order valence-electron chi connectivity index (χ4n) is 1.23. The van der Waals surface area contributed by atoms with Gasteiger partial charge in [-0.25, -0.2) is 0 Å². The molecule has 0 saturated carbocycles. The Morgan fingerprint density at radius 2 is 2.08 bits per heavy atom. The zero-order chi connectivity index (χ0) is 10.2. The second-order valence-electron chi connectivity index (χ2n) is 3.98. The number of hydrogen-bond donors (Lipinski definition) is 0. The molecule has 13 heavy (non-hydrogen) atoms. The van der Waals surface area contributed by atoms with Crippen molar-refractivity contribution >= 4 is 5.82 Å². The van der Waals surface area contributed by atoms with Crippen LogP contribution in [0.5, 0.6) is 0 Å². The van der Waals surface area contributed by atoms with Gasteiger partial charge in [0.2, 0.25) is 0 Å². The molecule has 1 aromatic rings. The molecule has 0 unspecified atom stereocenters. The number of hydrogen-bond acceptors (Lipinski definition) is 3. The fourth-order valence-corrected chi connectivity index (χ4v) is 1.23. The molecule has 0 radical (unpaired) electrons. The van der Waals surface area contributed by atoms with Gasteiger partial charge in [0.1, 0.15) is 0 Å². The van der Waals surface area contributed by atoms with Gasteiger partial charge in [0.15, 0.2) is 0 Å². The molecule has 0 N–H and O–H groups in total. The molecule has 0 saturated heterocycles. The predicted octanol–water partition coefficient (Wildman–Crippen LogP) is 1.85. The first-order valence-corrected chi connectivity index (χ1v) is 4.04. The number of nitro groups is 1. The highest BCUT2D eigenvalue weighted by atomic mass is 16.6. The van der Waals surface area contributed by atoms with Crippen LogP contribution < -0.4 is 0 Å². The first-order chi connectivity index (χ1) is 5.82. The second kappa shape index (κ2) is 2.83. The Labute approximate surface area is 76.5 Å². The van der Waals surface area contributed by atoms with Gasteiger partial charge in [-0.3, -0.25) is 0 Å². The average molecular weight is 183 g/mol. The van der Waals surface area contributed by atoms with Gasteiger partial charge in [-0.05, 0) is 32.6 Å². The Morgan fingerprint density at radius 1 is 1.54 bits per heavy atom. The summed E-state index contributed by atoms with van der Waals surface area (Å²) in [5.74, 6) is -0.0903. The molecule has 0 amide bonds. The minimum atomic E-state index is -0.477. The summed E-state index contributed by atoms with van der Waals surface area (Å²) >= 11 is 0. The number of rotatable bonds is 1. The van der Waals surface area contributed by atoms with Gasteiger partial charge in [0.05, 0.1) is 22.4 Å². The SMILES string of the molecule is Cc1cc([N+](=O)[O-])nn1C(C)(C)C. The second-order valence-corrected chi connectivity index (χ2v) is 3.98. The summed E-state index contributed by atoms with van der Waals surface area (Å²) in [6.45, 7) is 7.68. The van der Waals surface area contributed by atoms with Crippen molar-refractivity contribution in [2.24, 2.45) is 0 Å². The molecule has 0 aliphatic carbocycles. The van der Waals surface area contributed by atoms with Crippen molar-refractivity contribution in [2.75, 3.05) is 0 Å². The van der Waals surface area contributed by atoms with Crippen molar-refractivity contribution < 1.29 is 4.92 Å². The highest BCUT2D eigenvalue weighted by molar-refractivity contribution is 5.21. The van der Waals surface area contributed by atoms with E-state index < -0.39 is 4.92 Å². The molecule has 72 valence electrons. The van der Waals surface area contributed by atoms with E-state index in [2.05, 4.69) is 5.10 Å². The van der Waals surface area contributed by atoms with Gasteiger partial charge in [0.25, 0.3) is 0 Å². The highest BCUT2D eigenvalue weighted by Crippen LogP contribution is 2.19. The van der Waals surface area contributed by atoms with Crippen LogP contribution in [0.2, 0.25) is 0 Å². The maximum atomic E-state index is 10.4. The minimum absolute atomic E-state index is 0.0903. The number of aryl methyl sites for hydroxylation is 1. The monoisotopic (exact) mass is 183 g/mol. The standard InChI is InChI=1S/C8H13N3O2/c1-6-5-7(11(12)13)9-10(6)8(2,3)4/h5H,1-4H3. The normalized spacial score (nSPS) is 11.7. The van der Waals surface area contributed by atoms with E-state index in [0.717, 1.165) is 5.69 Å². The molecule has 0 aliphatic heterocycles. The summed E-state index contributed by atoms with van der Waals surface area (Å²) in [6, 6.07) is 1.48. The molecule has 0 bridgehead atoms. The summed E-state index contributed by atoms with van der Waals surface area (Å²) < 4.78 is 1.66. The molecular weight excluding hydrogens is 170 g/mol. The molecule has 0 aromatic carbocycles. The third-order valence-corrected chi connectivity index (χ3v) is 1.70. The van der Waals surface area contributed by atoms with Crippen LogP contribution in [-0.2, 0) is 5.54 Å². The lowest BCUT2D eigenvalue weighted by Crippen LogP contribution is -2.24. The van der Waals surface area contributed by atoms with Gasteiger partial charge in [-0.1, -0.05) is 0 Å². The van der Waals surface area contributed by atoms with Crippen molar-refractivity contribution in [3.8, 4) is 0 Å². The smallest absolute Gasteiger partial charge is 0.358 e. The molecule has 0 fully saturated rings.